The average molecular weight is 312 g/mol. The van der Waals surface area contributed by atoms with Crippen LogP contribution in [-0.4, -0.2) is 19.6 Å². The highest BCUT2D eigenvalue weighted by Gasteiger charge is 2.01. The maximum absolute atomic E-state index is 11.8. The lowest BCUT2D eigenvalue weighted by atomic mass is 10.1. The van der Waals surface area contributed by atoms with E-state index in [1.54, 1.807) is 7.11 Å². The second-order valence-electron chi connectivity index (χ2n) is 5.54. The van der Waals surface area contributed by atoms with Crippen LogP contribution >= 0.6 is 0 Å². The molecule has 0 radical (unpaired) electrons. The molecule has 2 N–H and O–H groups in total. The van der Waals surface area contributed by atoms with Gasteiger partial charge in [-0.3, -0.25) is 4.79 Å². The van der Waals surface area contributed by atoms with Crippen molar-refractivity contribution in [2.75, 3.05) is 13.7 Å². The molecule has 0 spiro atoms. The molecule has 2 aromatic carbocycles. The van der Waals surface area contributed by atoms with Gasteiger partial charge in [-0.15, -0.1) is 0 Å². The van der Waals surface area contributed by atoms with Crippen molar-refractivity contribution in [3.8, 4) is 5.75 Å². The third kappa shape index (κ3) is 6.12. The van der Waals surface area contributed by atoms with Crippen molar-refractivity contribution in [3.05, 3.63) is 65.2 Å². The Kier molecular flexibility index (Phi) is 6.63. The largest absolute Gasteiger partial charge is 0.497 e. The molecule has 1 amide bonds. The number of benzene rings is 2. The molecule has 0 unspecified atom stereocenters. The van der Waals surface area contributed by atoms with E-state index in [-0.39, 0.29) is 5.91 Å². The molecule has 0 aliphatic rings. The monoisotopic (exact) mass is 312 g/mol. The maximum Gasteiger partial charge on any atom is 0.221 e. The average Bonchev–Trinajstić information content (AvgIpc) is 2.57. The van der Waals surface area contributed by atoms with Crippen LogP contribution in [-0.2, 0) is 17.9 Å². The van der Waals surface area contributed by atoms with E-state index in [0.717, 1.165) is 17.9 Å². The van der Waals surface area contributed by atoms with Crippen molar-refractivity contribution in [2.45, 2.75) is 26.4 Å². The lowest BCUT2D eigenvalue weighted by Crippen LogP contribution is -2.27. The summed E-state index contributed by atoms with van der Waals surface area (Å²) in [4.78, 5) is 11.8. The van der Waals surface area contributed by atoms with E-state index in [2.05, 4.69) is 29.7 Å². The quantitative estimate of drug-likeness (QED) is 0.737. The number of carbonyl (C=O) groups is 1. The first kappa shape index (κ1) is 17.0. The number of amides is 1. The second kappa shape index (κ2) is 8.96. The van der Waals surface area contributed by atoms with Crippen LogP contribution in [0.2, 0.25) is 0 Å². The van der Waals surface area contributed by atoms with Crippen LogP contribution in [0.4, 0.5) is 0 Å². The van der Waals surface area contributed by atoms with Gasteiger partial charge < -0.3 is 15.4 Å². The van der Waals surface area contributed by atoms with Crippen LogP contribution < -0.4 is 15.4 Å². The zero-order valence-electron chi connectivity index (χ0n) is 13.8. The Hall–Kier alpha value is -2.33. The third-order valence-electron chi connectivity index (χ3n) is 3.59. The zero-order valence-corrected chi connectivity index (χ0v) is 13.8. The van der Waals surface area contributed by atoms with Gasteiger partial charge >= 0.3 is 0 Å². The summed E-state index contributed by atoms with van der Waals surface area (Å²) in [5, 5.41) is 6.22. The minimum atomic E-state index is 0.0636. The van der Waals surface area contributed by atoms with Crippen LogP contribution in [0.1, 0.15) is 23.1 Å². The van der Waals surface area contributed by atoms with Crippen molar-refractivity contribution >= 4 is 5.91 Å². The van der Waals surface area contributed by atoms with Crippen LogP contribution in [0.25, 0.3) is 0 Å². The summed E-state index contributed by atoms with van der Waals surface area (Å²) in [7, 11) is 1.66. The number of hydrogen-bond donors (Lipinski definition) is 2. The predicted molar refractivity (Wildman–Crippen MR) is 92.3 cm³/mol. The fourth-order valence-electron chi connectivity index (χ4n) is 2.29. The topological polar surface area (TPSA) is 50.4 Å². The molecule has 2 aromatic rings. The Morgan fingerprint density at radius 3 is 2.52 bits per heavy atom. The number of hydrogen-bond acceptors (Lipinski definition) is 3. The molecule has 0 fully saturated rings. The number of methoxy groups -OCH3 is 1. The first-order valence-corrected chi connectivity index (χ1v) is 7.83. The van der Waals surface area contributed by atoms with E-state index < -0.39 is 0 Å². The molecule has 122 valence electrons. The fourth-order valence-corrected chi connectivity index (χ4v) is 2.29. The summed E-state index contributed by atoms with van der Waals surface area (Å²) in [6.45, 7) is 4.04. The molecule has 23 heavy (non-hydrogen) atoms. The van der Waals surface area contributed by atoms with Crippen molar-refractivity contribution in [1.82, 2.24) is 10.6 Å². The fraction of sp³-hybridized carbons (Fsp3) is 0.316. The number of aryl methyl sites for hydroxylation is 1. The normalized spacial score (nSPS) is 10.3. The molecule has 0 atom stereocenters. The van der Waals surface area contributed by atoms with Crippen molar-refractivity contribution in [1.29, 1.82) is 0 Å². The summed E-state index contributed by atoms with van der Waals surface area (Å²) < 4.78 is 5.12. The number of ether oxygens (including phenoxy) is 1. The van der Waals surface area contributed by atoms with Crippen LogP contribution in [0.3, 0.4) is 0 Å². The minimum absolute atomic E-state index is 0.0636. The Morgan fingerprint density at radius 1 is 1.04 bits per heavy atom. The van der Waals surface area contributed by atoms with E-state index >= 15 is 0 Å². The zero-order chi connectivity index (χ0) is 16.5. The SMILES string of the molecule is COc1ccc(CNCCC(=O)NCc2cccc(C)c2)cc1. The van der Waals surface area contributed by atoms with Gasteiger partial charge in [0.05, 0.1) is 7.11 Å². The molecule has 4 heteroatoms. The van der Waals surface area contributed by atoms with E-state index in [1.165, 1.54) is 11.1 Å². The minimum Gasteiger partial charge on any atom is -0.497 e. The van der Waals surface area contributed by atoms with Gasteiger partial charge in [-0.25, -0.2) is 0 Å². The molecule has 0 saturated heterocycles. The van der Waals surface area contributed by atoms with E-state index in [4.69, 9.17) is 4.74 Å². The van der Waals surface area contributed by atoms with Gasteiger partial charge in [0.25, 0.3) is 0 Å². The highest BCUT2D eigenvalue weighted by Crippen LogP contribution is 2.10. The van der Waals surface area contributed by atoms with Gasteiger partial charge in [-0.1, -0.05) is 42.0 Å². The standard InChI is InChI=1S/C19H24N2O2/c1-15-4-3-5-17(12-15)14-21-19(22)10-11-20-13-16-6-8-18(23-2)9-7-16/h3-9,12,20H,10-11,13-14H2,1-2H3,(H,21,22). The van der Waals surface area contributed by atoms with Gasteiger partial charge in [0, 0.05) is 26.1 Å². The summed E-state index contributed by atoms with van der Waals surface area (Å²) in [5.74, 6) is 0.915. The predicted octanol–water partition coefficient (Wildman–Crippen LogP) is 2.80. The molecule has 0 bridgehead atoms. The summed E-state index contributed by atoms with van der Waals surface area (Å²) in [6, 6.07) is 16.1. The molecule has 0 heterocycles. The Bertz CT molecular complexity index is 624. The first-order chi connectivity index (χ1) is 11.2. The van der Waals surface area contributed by atoms with Crippen molar-refractivity contribution in [2.24, 2.45) is 0 Å². The lowest BCUT2D eigenvalue weighted by Gasteiger charge is -2.08. The van der Waals surface area contributed by atoms with E-state index in [0.29, 0.717) is 19.5 Å². The Labute approximate surface area is 137 Å². The lowest BCUT2D eigenvalue weighted by molar-refractivity contribution is -0.121. The second-order valence-corrected chi connectivity index (χ2v) is 5.54. The van der Waals surface area contributed by atoms with Crippen molar-refractivity contribution < 1.29 is 9.53 Å². The molecule has 0 aliphatic heterocycles. The van der Waals surface area contributed by atoms with Crippen LogP contribution in [0, 0.1) is 6.92 Å². The van der Waals surface area contributed by atoms with Gasteiger partial charge in [0.1, 0.15) is 5.75 Å². The third-order valence-corrected chi connectivity index (χ3v) is 3.59. The number of nitrogens with one attached hydrogen (secondary N) is 2. The van der Waals surface area contributed by atoms with Gasteiger partial charge in [0.2, 0.25) is 5.91 Å². The smallest absolute Gasteiger partial charge is 0.221 e. The van der Waals surface area contributed by atoms with Crippen LogP contribution in [0.5, 0.6) is 5.75 Å². The molecule has 0 aromatic heterocycles. The number of carbonyl (C=O) groups excluding carboxylic acids is 1. The first-order valence-electron chi connectivity index (χ1n) is 7.83. The van der Waals surface area contributed by atoms with E-state index in [9.17, 15) is 4.79 Å². The highest BCUT2D eigenvalue weighted by molar-refractivity contribution is 5.76. The number of rotatable bonds is 8. The molecule has 4 nitrogen and oxygen atoms in total. The summed E-state index contributed by atoms with van der Waals surface area (Å²) in [5.41, 5.74) is 3.51. The summed E-state index contributed by atoms with van der Waals surface area (Å²) in [6.07, 6.45) is 0.474. The molecule has 0 saturated carbocycles. The molecular formula is C19H24N2O2. The summed E-state index contributed by atoms with van der Waals surface area (Å²) >= 11 is 0. The van der Waals surface area contributed by atoms with Gasteiger partial charge in [-0.05, 0) is 30.2 Å². The maximum atomic E-state index is 11.8. The molecule has 0 aliphatic carbocycles. The van der Waals surface area contributed by atoms with E-state index in [1.807, 2.05) is 36.4 Å². The van der Waals surface area contributed by atoms with Gasteiger partial charge in [-0.2, -0.15) is 0 Å². The van der Waals surface area contributed by atoms with Gasteiger partial charge in [0.15, 0.2) is 0 Å². The van der Waals surface area contributed by atoms with Crippen LogP contribution in [0.15, 0.2) is 48.5 Å². The highest BCUT2D eigenvalue weighted by atomic mass is 16.5. The molecular weight excluding hydrogens is 288 g/mol. The molecule has 2 rings (SSSR count). The van der Waals surface area contributed by atoms with Crippen molar-refractivity contribution in [3.63, 3.8) is 0 Å². The Balaban J connectivity index is 1.62. The Morgan fingerprint density at radius 2 is 1.83 bits per heavy atom.